The lowest BCUT2D eigenvalue weighted by atomic mass is 9.78. The Morgan fingerprint density at radius 3 is 0.694 bits per heavy atom. The van der Waals surface area contributed by atoms with E-state index in [0.29, 0.717) is 0 Å². The molecule has 0 bridgehead atoms. The number of aryl methyl sites for hydroxylation is 2. The van der Waals surface area contributed by atoms with Gasteiger partial charge in [0, 0.05) is 0 Å². The molecule has 0 amide bonds. The zero-order valence-corrected chi connectivity index (χ0v) is 88.3. The van der Waals surface area contributed by atoms with Crippen LogP contribution < -0.4 is 0 Å². The van der Waals surface area contributed by atoms with Crippen molar-refractivity contribution >= 4 is 0 Å². The van der Waals surface area contributed by atoms with Crippen LogP contribution >= 0.6 is 0 Å². The topological polar surface area (TPSA) is 0 Å². The second kappa shape index (κ2) is 123. The molecular weight excluding hydrogens is 1450 g/mol. The normalized spacial score (nSPS) is 13.4. The van der Waals surface area contributed by atoms with Gasteiger partial charge in [-0.2, -0.15) is 0 Å². The van der Waals surface area contributed by atoms with E-state index in [2.05, 4.69) is 159 Å². The van der Waals surface area contributed by atoms with Gasteiger partial charge in [0.25, 0.3) is 0 Å². The lowest BCUT2D eigenvalue weighted by Gasteiger charge is -2.28. The van der Waals surface area contributed by atoms with E-state index < -0.39 is 0 Å². The maximum atomic E-state index is 2.58. The molecule has 4 unspecified atom stereocenters. The van der Waals surface area contributed by atoms with Crippen molar-refractivity contribution in [3.8, 4) is 0 Å². The van der Waals surface area contributed by atoms with Crippen molar-refractivity contribution in [1.29, 1.82) is 0 Å². The first-order valence-corrected chi connectivity index (χ1v) is 58.1. The van der Waals surface area contributed by atoms with Crippen molar-refractivity contribution < 1.29 is 0 Å². The summed E-state index contributed by atoms with van der Waals surface area (Å²) in [4.78, 5) is 0. The molecule has 0 saturated heterocycles. The van der Waals surface area contributed by atoms with Gasteiger partial charge in [-0.05, 0) is 112 Å². The molecule has 0 saturated carbocycles. The van der Waals surface area contributed by atoms with E-state index in [1.54, 1.807) is 11.1 Å². The minimum Gasteiger partial charge on any atom is -0.0885 e. The van der Waals surface area contributed by atoms with Crippen LogP contribution in [0.2, 0.25) is 0 Å². The molecule has 0 aromatic heterocycles. The highest BCUT2D eigenvalue weighted by molar-refractivity contribution is 5.27. The van der Waals surface area contributed by atoms with Gasteiger partial charge in [0.05, 0.1) is 0 Å². The Hall–Kier alpha value is -1.30. The fourth-order valence-electron chi connectivity index (χ4n) is 18.3. The Morgan fingerprint density at radius 2 is 0.421 bits per heavy atom. The summed E-state index contributed by atoms with van der Waals surface area (Å²) < 4.78 is 0. The molecule has 0 radical (unpaired) electrons. The summed E-state index contributed by atoms with van der Waals surface area (Å²) in [5.41, 5.74) is 3.24. The van der Waals surface area contributed by atoms with Crippen LogP contribution in [0.15, 0.2) is 48.6 Å². The van der Waals surface area contributed by atoms with Gasteiger partial charge >= 0.3 is 0 Å². The molecule has 1 aromatic carbocycles. The molecule has 1 aliphatic rings. The molecular formula is C121H242. The molecule has 726 valence electrons. The number of unbranched alkanes of at least 4 members (excludes halogenated alkanes) is 68. The number of benzene rings is 1. The van der Waals surface area contributed by atoms with E-state index in [4.69, 9.17) is 0 Å². The predicted molar refractivity (Wildman–Crippen MR) is 568 cm³/mol. The van der Waals surface area contributed by atoms with Crippen LogP contribution in [0.25, 0.3) is 0 Å². The molecule has 1 aliphatic carbocycles. The second-order valence-corrected chi connectivity index (χ2v) is 39.3. The van der Waals surface area contributed by atoms with Gasteiger partial charge in [0.1, 0.15) is 0 Å². The van der Waals surface area contributed by atoms with E-state index in [1.807, 2.05) is 0 Å². The first-order valence-electron chi connectivity index (χ1n) is 58.1. The molecule has 0 nitrogen and oxygen atoms in total. The number of hydrogen-bond donors (Lipinski definition) is 0. The van der Waals surface area contributed by atoms with Crippen LogP contribution in [-0.2, 0) is 12.8 Å². The van der Waals surface area contributed by atoms with Gasteiger partial charge in [-0.25, -0.2) is 0 Å². The summed E-state index contributed by atoms with van der Waals surface area (Å²) >= 11 is 0. The van der Waals surface area contributed by atoms with Crippen LogP contribution in [0.4, 0.5) is 0 Å². The Morgan fingerprint density at radius 1 is 0.215 bits per heavy atom. The van der Waals surface area contributed by atoms with Crippen molar-refractivity contribution in [3.05, 3.63) is 59.7 Å². The smallest absolute Gasteiger partial charge is 0.0205 e. The quantitative estimate of drug-likeness (QED) is 0.0450. The van der Waals surface area contributed by atoms with Crippen molar-refractivity contribution in [2.75, 3.05) is 0 Å². The third kappa shape index (κ3) is 113. The first kappa shape index (κ1) is 128. The van der Waals surface area contributed by atoms with E-state index in [1.165, 1.54) is 584 Å². The Labute approximate surface area is 773 Å². The molecule has 121 heavy (non-hydrogen) atoms. The van der Waals surface area contributed by atoms with E-state index in [0.717, 1.165) is 23.7 Å². The minimum absolute atomic E-state index is 0.912. The van der Waals surface area contributed by atoms with Crippen molar-refractivity contribution in [1.82, 2.24) is 0 Å². The molecule has 0 heterocycles. The lowest BCUT2D eigenvalue weighted by molar-refractivity contribution is 0.243. The van der Waals surface area contributed by atoms with E-state index in [9.17, 15) is 0 Å². The zero-order chi connectivity index (χ0) is 89.5. The van der Waals surface area contributed by atoms with Gasteiger partial charge in [-0.1, -0.05) is 667 Å². The first-order chi connectivity index (χ1) is 59.7. The summed E-state index contributed by atoms with van der Waals surface area (Å²) in [5, 5.41) is 0. The standard InChI is InChI=1S/C41H82.C24H46.C24H42.2C9H20.2C7H16/c1-5-9-13-17-21-23-24-27-31-35-39-41(37-33-29-25-19-15-11-7-3)40(36-32-28-20-16-12-8-4)38-34-30-26-22-18-14-10-6-2;2*1-3-5-7-9-11-13-15-19-23-21-17-18-22-24(23)20-16-14-12-10-8-6-4-2;2*1-3-5-7-9-8-6-4-2;2*1-3-5-7-6-4-2/h25,29,40-41H,5-24,26-28,30-39H2,1-4H3;17,21,23-24H,3-16,18-20,22H2,1-2H3;17-18,21-22H,3-16,19-20H2,1-2H3;2*3-9H2,1-2H3;2*3-7H2,1-2H3/b29-25+;;;;;;. The van der Waals surface area contributed by atoms with Gasteiger partial charge in [0.15, 0.2) is 0 Å². The lowest BCUT2D eigenvalue weighted by Crippen LogP contribution is -2.16. The van der Waals surface area contributed by atoms with Crippen LogP contribution in [0, 0.1) is 23.7 Å². The van der Waals surface area contributed by atoms with Crippen LogP contribution in [0.5, 0.6) is 0 Å². The highest BCUT2D eigenvalue weighted by Crippen LogP contribution is 2.36. The zero-order valence-electron chi connectivity index (χ0n) is 88.3. The molecule has 0 aliphatic heterocycles. The molecule has 0 fully saturated rings. The maximum absolute atomic E-state index is 2.58. The van der Waals surface area contributed by atoms with Gasteiger partial charge in [-0.15, -0.1) is 0 Å². The van der Waals surface area contributed by atoms with Crippen LogP contribution in [0.3, 0.4) is 0 Å². The highest BCUT2D eigenvalue weighted by Gasteiger charge is 2.22. The van der Waals surface area contributed by atoms with Gasteiger partial charge < -0.3 is 0 Å². The summed E-state index contributed by atoms with van der Waals surface area (Å²) in [7, 11) is 0. The Bertz CT molecular complexity index is 1800. The fraction of sp³-hybridized carbons (Fsp3) is 0.917. The predicted octanol–water partition coefficient (Wildman–Crippen LogP) is 46.3. The van der Waals surface area contributed by atoms with E-state index >= 15 is 0 Å². The second-order valence-electron chi connectivity index (χ2n) is 39.3. The number of hydrogen-bond acceptors (Lipinski definition) is 0. The molecule has 0 spiro atoms. The Kier molecular flexibility index (Phi) is 130. The fourth-order valence-corrected chi connectivity index (χ4v) is 18.3. The molecule has 2 rings (SSSR count). The number of rotatable bonds is 87. The summed E-state index contributed by atoms with van der Waals surface area (Å²) in [6.07, 6.45) is 140. The summed E-state index contributed by atoms with van der Waals surface area (Å²) in [6, 6.07) is 9.19. The summed E-state index contributed by atoms with van der Waals surface area (Å²) in [6.45, 7) is 36.6. The SMILES string of the molecule is CCCCC/C=C/CCC(CCCCCCCCCCCC)C(CCCCCCCC)CCCCCCCCCC.CCCCCCC.CCCCCCC.CCCCCCCCC.CCCCCCCCC.CCCCCCCCCC1C=CCCC1CCCCCCCCC.CCCCCCCCCc1ccccc1CCCCCCCCC. The summed E-state index contributed by atoms with van der Waals surface area (Å²) in [5.74, 6) is 3.89. The molecule has 4 atom stereocenters. The van der Waals surface area contributed by atoms with Crippen molar-refractivity contribution in [2.24, 2.45) is 23.7 Å². The minimum atomic E-state index is 0.912. The van der Waals surface area contributed by atoms with Crippen LogP contribution in [-0.4, -0.2) is 0 Å². The largest absolute Gasteiger partial charge is 0.0885 e. The van der Waals surface area contributed by atoms with Crippen molar-refractivity contribution in [3.63, 3.8) is 0 Å². The average molecular weight is 1700 g/mol. The number of allylic oxidation sites excluding steroid dienone is 4. The highest BCUT2D eigenvalue weighted by atomic mass is 14.3. The molecule has 1 aromatic rings. The maximum Gasteiger partial charge on any atom is -0.0205 e. The van der Waals surface area contributed by atoms with Gasteiger partial charge in [-0.3, -0.25) is 0 Å². The monoisotopic (exact) mass is 1700 g/mol. The third-order valence-electron chi connectivity index (χ3n) is 26.9. The average Bonchev–Trinajstić information content (AvgIpc) is 0.894. The van der Waals surface area contributed by atoms with Crippen molar-refractivity contribution in [2.45, 2.75) is 695 Å². The third-order valence-corrected chi connectivity index (χ3v) is 26.9. The Balaban J connectivity index is -0.000000481. The van der Waals surface area contributed by atoms with E-state index in [-0.39, 0.29) is 0 Å². The molecule has 0 heteroatoms. The molecule has 0 N–H and O–H groups in total. The van der Waals surface area contributed by atoms with Gasteiger partial charge in [0.2, 0.25) is 0 Å². The van der Waals surface area contributed by atoms with Crippen LogP contribution in [0.1, 0.15) is 693 Å².